The molecule has 0 saturated carbocycles. The second-order valence-electron chi connectivity index (χ2n) is 5.27. The molecule has 1 aliphatic rings. The van der Waals surface area contributed by atoms with E-state index in [2.05, 4.69) is 23.9 Å². The minimum atomic E-state index is -0.972. The highest BCUT2D eigenvalue weighted by molar-refractivity contribution is 7.90. The van der Waals surface area contributed by atoms with Crippen molar-refractivity contribution >= 4 is 23.2 Å². The fourth-order valence-corrected chi connectivity index (χ4v) is 3.03. The summed E-state index contributed by atoms with van der Waals surface area (Å²) in [6.45, 7) is 4.10. The van der Waals surface area contributed by atoms with Crippen LogP contribution in [0.25, 0.3) is 6.08 Å². The van der Waals surface area contributed by atoms with Gasteiger partial charge in [-0.1, -0.05) is 30.7 Å². The van der Waals surface area contributed by atoms with Crippen LogP contribution in [0.15, 0.2) is 34.7 Å². The van der Waals surface area contributed by atoms with Gasteiger partial charge in [0.1, 0.15) is 6.26 Å². The van der Waals surface area contributed by atoms with Crippen molar-refractivity contribution in [1.82, 2.24) is 10.9 Å². The van der Waals surface area contributed by atoms with Crippen molar-refractivity contribution in [3.05, 3.63) is 35.4 Å². The maximum atomic E-state index is 11.5. The first-order valence-electron chi connectivity index (χ1n) is 6.63. The van der Waals surface area contributed by atoms with Crippen LogP contribution < -0.4 is 10.9 Å². The predicted octanol–water partition coefficient (Wildman–Crippen LogP) is 1.86. The molecular weight excluding hydrogens is 272 g/mol. The van der Waals surface area contributed by atoms with Crippen LogP contribution in [0.4, 0.5) is 0 Å². The molecule has 0 radical (unpaired) electrons. The molecular formula is C15H20N2O2S. The second-order valence-corrected chi connectivity index (χ2v) is 6.65. The van der Waals surface area contributed by atoms with Crippen LogP contribution in [0.3, 0.4) is 0 Å². The van der Waals surface area contributed by atoms with E-state index in [1.54, 1.807) is 6.26 Å². The standard InChI is InChI=1S/C15H20N2O2S/c1-10(15-11(2)8-14(18)16-17-15)7-12-5-4-6-13(9-12)20(3)19/h4-7,9,11,15,17H,8H2,1-3H3,(H,16,18)/b10-7+. The highest BCUT2D eigenvalue weighted by atomic mass is 32.2. The van der Waals surface area contributed by atoms with Gasteiger partial charge in [-0.2, -0.15) is 0 Å². The largest absolute Gasteiger partial charge is 0.612 e. The molecule has 0 bridgehead atoms. The van der Waals surface area contributed by atoms with Crippen LogP contribution >= 0.6 is 0 Å². The number of carbonyl (C=O) groups excluding carboxylic acids is 1. The molecule has 1 aromatic carbocycles. The third-order valence-corrected chi connectivity index (χ3v) is 4.44. The van der Waals surface area contributed by atoms with E-state index >= 15 is 0 Å². The molecule has 0 aromatic heterocycles. The highest BCUT2D eigenvalue weighted by Crippen LogP contribution is 2.21. The summed E-state index contributed by atoms with van der Waals surface area (Å²) in [6.07, 6.45) is 4.28. The molecule has 1 aromatic rings. The van der Waals surface area contributed by atoms with Gasteiger partial charge < -0.3 is 4.55 Å². The van der Waals surface area contributed by atoms with Gasteiger partial charge in [-0.25, -0.2) is 5.43 Å². The number of carbonyl (C=O) groups is 1. The third-order valence-electron chi connectivity index (χ3n) is 3.52. The summed E-state index contributed by atoms with van der Waals surface area (Å²) >= 11 is -0.972. The lowest BCUT2D eigenvalue weighted by molar-refractivity contribution is -0.125. The Labute approximate surface area is 122 Å². The molecule has 4 nitrogen and oxygen atoms in total. The SMILES string of the molecule is C/C(=C\c1cccc([S+](C)[O-])c1)C1NNC(=O)CC1C. The molecule has 1 fully saturated rings. The molecule has 2 N–H and O–H groups in total. The van der Waals surface area contributed by atoms with E-state index in [1.807, 2.05) is 31.2 Å². The van der Waals surface area contributed by atoms with Crippen LogP contribution in [0, 0.1) is 5.92 Å². The van der Waals surface area contributed by atoms with Crippen molar-refractivity contribution < 1.29 is 9.35 Å². The van der Waals surface area contributed by atoms with Gasteiger partial charge in [-0.05, 0) is 35.6 Å². The molecule has 1 amide bonds. The fourth-order valence-electron chi connectivity index (χ4n) is 2.46. The highest BCUT2D eigenvalue weighted by Gasteiger charge is 2.26. The average molecular weight is 292 g/mol. The van der Waals surface area contributed by atoms with E-state index in [9.17, 15) is 9.35 Å². The third kappa shape index (κ3) is 3.62. The second kappa shape index (κ2) is 6.43. The summed E-state index contributed by atoms with van der Waals surface area (Å²) in [5, 5.41) is 0. The van der Waals surface area contributed by atoms with Crippen molar-refractivity contribution in [3.63, 3.8) is 0 Å². The summed E-state index contributed by atoms with van der Waals surface area (Å²) < 4.78 is 11.5. The van der Waals surface area contributed by atoms with Crippen LogP contribution in [-0.4, -0.2) is 22.8 Å². The van der Waals surface area contributed by atoms with Crippen molar-refractivity contribution in [3.8, 4) is 0 Å². The molecule has 3 unspecified atom stereocenters. The van der Waals surface area contributed by atoms with Crippen LogP contribution in [0.1, 0.15) is 25.8 Å². The summed E-state index contributed by atoms with van der Waals surface area (Å²) in [5.41, 5.74) is 7.91. The zero-order chi connectivity index (χ0) is 14.7. The van der Waals surface area contributed by atoms with Gasteiger partial charge in [0.25, 0.3) is 0 Å². The minimum absolute atomic E-state index is 0.0323. The normalized spacial score (nSPS) is 25.2. The maximum Gasteiger partial charge on any atom is 0.234 e. The van der Waals surface area contributed by atoms with Crippen molar-refractivity contribution in [2.75, 3.05) is 6.26 Å². The van der Waals surface area contributed by atoms with Gasteiger partial charge in [0.15, 0.2) is 4.90 Å². The van der Waals surface area contributed by atoms with Gasteiger partial charge in [0, 0.05) is 12.5 Å². The lowest BCUT2D eigenvalue weighted by Gasteiger charge is -2.30. The number of amides is 1. The summed E-state index contributed by atoms with van der Waals surface area (Å²) in [5.74, 6) is 0.286. The van der Waals surface area contributed by atoms with E-state index in [4.69, 9.17) is 0 Å². The molecule has 3 atom stereocenters. The van der Waals surface area contributed by atoms with E-state index < -0.39 is 11.2 Å². The molecule has 20 heavy (non-hydrogen) atoms. The Balaban J connectivity index is 2.17. The number of hydrogen-bond donors (Lipinski definition) is 2. The Morgan fingerprint density at radius 3 is 2.90 bits per heavy atom. The number of nitrogens with one attached hydrogen (secondary N) is 2. The summed E-state index contributed by atoms with van der Waals surface area (Å²) in [6, 6.07) is 7.83. The predicted molar refractivity (Wildman–Crippen MR) is 81.3 cm³/mol. The zero-order valence-electron chi connectivity index (χ0n) is 12.0. The number of benzene rings is 1. The Morgan fingerprint density at radius 1 is 1.50 bits per heavy atom. The Kier molecular flexibility index (Phi) is 4.86. The first kappa shape index (κ1) is 15.1. The Hall–Kier alpha value is -1.30. The van der Waals surface area contributed by atoms with Gasteiger partial charge in [0.05, 0.1) is 6.04 Å². The van der Waals surface area contributed by atoms with E-state index in [0.29, 0.717) is 6.42 Å². The average Bonchev–Trinajstić information content (AvgIpc) is 2.38. The van der Waals surface area contributed by atoms with E-state index in [-0.39, 0.29) is 17.9 Å². The molecule has 0 spiro atoms. The van der Waals surface area contributed by atoms with Crippen molar-refractivity contribution in [1.29, 1.82) is 0 Å². The number of rotatable bonds is 3. The van der Waals surface area contributed by atoms with Gasteiger partial charge >= 0.3 is 0 Å². The molecule has 1 aliphatic heterocycles. The number of hydrogen-bond acceptors (Lipinski definition) is 3. The molecule has 1 heterocycles. The molecule has 2 rings (SSSR count). The van der Waals surface area contributed by atoms with Crippen molar-refractivity contribution in [2.45, 2.75) is 31.2 Å². The zero-order valence-corrected chi connectivity index (χ0v) is 12.8. The molecule has 108 valence electrons. The minimum Gasteiger partial charge on any atom is -0.612 e. The van der Waals surface area contributed by atoms with Crippen LogP contribution in [0.2, 0.25) is 0 Å². The fraction of sp³-hybridized carbons (Fsp3) is 0.400. The van der Waals surface area contributed by atoms with E-state index in [0.717, 1.165) is 16.0 Å². The Morgan fingerprint density at radius 2 is 2.25 bits per heavy atom. The lowest BCUT2D eigenvalue weighted by Crippen LogP contribution is -2.53. The van der Waals surface area contributed by atoms with Crippen LogP contribution in [0.5, 0.6) is 0 Å². The smallest absolute Gasteiger partial charge is 0.234 e. The van der Waals surface area contributed by atoms with E-state index in [1.165, 1.54) is 0 Å². The monoisotopic (exact) mass is 292 g/mol. The van der Waals surface area contributed by atoms with Gasteiger partial charge in [-0.3, -0.25) is 10.2 Å². The first-order valence-corrected chi connectivity index (χ1v) is 8.19. The quantitative estimate of drug-likeness (QED) is 0.836. The topological polar surface area (TPSA) is 64.2 Å². The number of hydrazine groups is 1. The Bertz CT molecular complexity index is 528. The van der Waals surface area contributed by atoms with Gasteiger partial charge in [-0.15, -0.1) is 0 Å². The molecule has 1 saturated heterocycles. The molecule has 0 aliphatic carbocycles. The first-order chi connectivity index (χ1) is 9.47. The lowest BCUT2D eigenvalue weighted by atomic mass is 9.90. The maximum absolute atomic E-state index is 11.5. The molecule has 5 heteroatoms. The van der Waals surface area contributed by atoms with Crippen LogP contribution in [-0.2, 0) is 16.0 Å². The summed E-state index contributed by atoms with van der Waals surface area (Å²) in [4.78, 5) is 12.1. The summed E-state index contributed by atoms with van der Waals surface area (Å²) in [7, 11) is 0. The van der Waals surface area contributed by atoms with Crippen molar-refractivity contribution in [2.24, 2.45) is 5.92 Å². The van der Waals surface area contributed by atoms with Gasteiger partial charge in [0.2, 0.25) is 5.91 Å².